The van der Waals surface area contributed by atoms with Gasteiger partial charge in [0.1, 0.15) is 13.2 Å². The second kappa shape index (κ2) is 11.1. The first-order chi connectivity index (χ1) is 18.1. The number of aromatic amines is 1. The fraction of sp³-hybridized carbons (Fsp3) is 0.407. The van der Waals surface area contributed by atoms with Crippen LogP contribution in [0.2, 0.25) is 0 Å². The van der Waals surface area contributed by atoms with Gasteiger partial charge in [0.05, 0.1) is 24.7 Å². The lowest BCUT2D eigenvalue weighted by molar-refractivity contribution is 0.151. The van der Waals surface area contributed by atoms with Crippen LogP contribution in [-0.4, -0.2) is 57.0 Å². The largest absolute Gasteiger partial charge is 0.486 e. The maximum absolute atomic E-state index is 13.2. The molecule has 1 aliphatic rings. The number of ether oxygens (including phenoxy) is 3. The van der Waals surface area contributed by atoms with Crippen molar-refractivity contribution in [1.82, 2.24) is 30.1 Å². The first-order valence-electron chi connectivity index (χ1n) is 12.6. The van der Waals surface area contributed by atoms with Crippen LogP contribution in [0.5, 0.6) is 11.5 Å². The van der Waals surface area contributed by atoms with E-state index in [1.807, 2.05) is 18.2 Å². The summed E-state index contributed by atoms with van der Waals surface area (Å²) in [4.78, 5) is 18.5. The number of fused-ring (bicyclic) bond motifs is 2. The third kappa shape index (κ3) is 5.50. The number of pyridine rings is 1. The molecule has 0 aliphatic carbocycles. The van der Waals surface area contributed by atoms with E-state index in [1.54, 1.807) is 11.8 Å². The van der Waals surface area contributed by atoms with Crippen molar-refractivity contribution in [3.05, 3.63) is 75.3 Å². The molecule has 5 rings (SSSR count). The van der Waals surface area contributed by atoms with Crippen LogP contribution in [-0.2, 0) is 24.4 Å². The van der Waals surface area contributed by atoms with E-state index in [1.165, 1.54) is 5.56 Å². The molecule has 0 saturated carbocycles. The van der Waals surface area contributed by atoms with Crippen LogP contribution in [0.1, 0.15) is 41.9 Å². The first kappa shape index (κ1) is 24.9. The first-order valence-corrected chi connectivity index (χ1v) is 12.6. The lowest BCUT2D eigenvalue weighted by atomic mass is 10.1. The highest BCUT2D eigenvalue weighted by Crippen LogP contribution is 2.34. The minimum atomic E-state index is -0.132. The van der Waals surface area contributed by atoms with E-state index < -0.39 is 0 Å². The van der Waals surface area contributed by atoms with Crippen LogP contribution in [0, 0.1) is 6.92 Å². The van der Waals surface area contributed by atoms with E-state index in [-0.39, 0.29) is 11.6 Å². The highest BCUT2D eigenvalue weighted by Gasteiger charge is 2.26. The molecule has 10 heteroatoms. The Morgan fingerprint density at radius 1 is 1.11 bits per heavy atom. The molecule has 2 aromatic heterocycles. The van der Waals surface area contributed by atoms with E-state index in [0.717, 1.165) is 28.7 Å². The van der Waals surface area contributed by atoms with Gasteiger partial charge in [0.15, 0.2) is 17.3 Å². The van der Waals surface area contributed by atoms with Crippen LogP contribution in [0.25, 0.3) is 10.9 Å². The molecule has 0 fully saturated rings. The maximum Gasteiger partial charge on any atom is 0.252 e. The zero-order valence-electron chi connectivity index (χ0n) is 21.4. The number of aromatic nitrogens is 5. The molecular formula is C27H32N6O4. The van der Waals surface area contributed by atoms with E-state index in [4.69, 9.17) is 14.2 Å². The van der Waals surface area contributed by atoms with E-state index in [9.17, 15) is 4.79 Å². The molecule has 1 atom stereocenters. The number of H-pyrrole nitrogens is 1. The summed E-state index contributed by atoms with van der Waals surface area (Å²) in [6, 6.07) is 14.0. The minimum Gasteiger partial charge on any atom is -0.486 e. The number of benzene rings is 2. The minimum absolute atomic E-state index is 0.108. The van der Waals surface area contributed by atoms with Gasteiger partial charge in [0.2, 0.25) is 0 Å². The summed E-state index contributed by atoms with van der Waals surface area (Å²) in [6.07, 6.45) is 0.767. The van der Waals surface area contributed by atoms with E-state index in [0.29, 0.717) is 56.5 Å². The molecular weight excluding hydrogens is 472 g/mol. The normalized spacial score (nSPS) is 13.8. The number of hydrogen-bond acceptors (Lipinski definition) is 8. The highest BCUT2D eigenvalue weighted by molar-refractivity contribution is 5.83. The molecule has 0 spiro atoms. The lowest BCUT2D eigenvalue weighted by Gasteiger charge is -2.30. The summed E-state index contributed by atoms with van der Waals surface area (Å²) in [6.45, 7) is 7.30. The van der Waals surface area contributed by atoms with Crippen molar-refractivity contribution in [1.29, 1.82) is 0 Å². The lowest BCUT2D eigenvalue weighted by Crippen LogP contribution is -2.32. The fourth-order valence-corrected chi connectivity index (χ4v) is 4.72. The number of tetrazole rings is 1. The van der Waals surface area contributed by atoms with Crippen molar-refractivity contribution >= 4 is 10.9 Å². The van der Waals surface area contributed by atoms with E-state index in [2.05, 4.69) is 63.5 Å². The Kier molecular flexibility index (Phi) is 7.47. The Hall–Kier alpha value is -3.76. The number of methoxy groups -OCH3 is 1. The molecule has 0 radical (unpaired) electrons. The standard InChI is InChI=1S/C27H32N6O4/c1-4-23(26-29-30-31-33(26)9-10-35-3)32(16-19-7-5-18(2)6-8-19)17-21-13-20-14-24-25(37-12-11-36-24)15-22(20)28-27(21)34/h5-8,13-15,23H,4,9-12,16-17H2,1-3H3,(H,28,34)/t23-/m1/s1. The molecule has 0 bridgehead atoms. The average Bonchev–Trinajstić information content (AvgIpc) is 3.36. The second-order valence-electron chi connectivity index (χ2n) is 9.27. The Morgan fingerprint density at radius 2 is 1.86 bits per heavy atom. The molecule has 1 aliphatic heterocycles. The average molecular weight is 505 g/mol. The molecule has 194 valence electrons. The number of nitrogens with one attached hydrogen (secondary N) is 1. The van der Waals surface area contributed by atoms with Gasteiger partial charge in [-0.05, 0) is 41.5 Å². The van der Waals surface area contributed by atoms with Crippen LogP contribution < -0.4 is 15.0 Å². The maximum atomic E-state index is 13.2. The van der Waals surface area contributed by atoms with Crippen LogP contribution in [0.3, 0.4) is 0 Å². The zero-order chi connectivity index (χ0) is 25.8. The molecule has 3 heterocycles. The van der Waals surface area contributed by atoms with Crippen molar-refractivity contribution in [2.24, 2.45) is 0 Å². The van der Waals surface area contributed by atoms with Crippen molar-refractivity contribution < 1.29 is 14.2 Å². The van der Waals surface area contributed by atoms with Gasteiger partial charge in [-0.15, -0.1) is 5.10 Å². The van der Waals surface area contributed by atoms with Gasteiger partial charge in [0, 0.05) is 37.2 Å². The molecule has 4 aromatic rings. The SMILES string of the molecule is CC[C@H](c1nnnn1CCOC)N(Cc1ccc(C)cc1)Cc1cc2cc3c(cc2[nH]c1=O)OCCO3. The summed E-state index contributed by atoms with van der Waals surface area (Å²) in [5, 5.41) is 13.4. The molecule has 0 unspecified atom stereocenters. The van der Waals surface area contributed by atoms with Gasteiger partial charge >= 0.3 is 0 Å². The Labute approximate surface area is 215 Å². The second-order valence-corrected chi connectivity index (χ2v) is 9.27. The fourth-order valence-electron chi connectivity index (χ4n) is 4.72. The number of nitrogens with zero attached hydrogens (tertiary/aromatic N) is 5. The topological polar surface area (TPSA) is 107 Å². The summed E-state index contributed by atoms with van der Waals surface area (Å²) >= 11 is 0. The Balaban J connectivity index is 1.52. The van der Waals surface area contributed by atoms with Crippen molar-refractivity contribution in [2.45, 2.75) is 45.9 Å². The van der Waals surface area contributed by atoms with Crippen molar-refractivity contribution in [3.8, 4) is 11.5 Å². The smallest absolute Gasteiger partial charge is 0.252 e. The summed E-state index contributed by atoms with van der Waals surface area (Å²) < 4.78 is 18.5. The van der Waals surface area contributed by atoms with Crippen LogP contribution >= 0.6 is 0 Å². The Bertz CT molecular complexity index is 1410. The molecule has 0 saturated heterocycles. The predicted octanol–water partition coefficient (Wildman–Crippen LogP) is 3.39. The third-order valence-corrected chi connectivity index (χ3v) is 6.66. The molecule has 37 heavy (non-hydrogen) atoms. The molecule has 2 aromatic carbocycles. The van der Waals surface area contributed by atoms with Crippen LogP contribution in [0.4, 0.5) is 0 Å². The number of rotatable bonds is 10. The van der Waals surface area contributed by atoms with Gasteiger partial charge in [-0.25, -0.2) is 4.68 Å². The van der Waals surface area contributed by atoms with Crippen LogP contribution in [0.15, 0.2) is 47.3 Å². The van der Waals surface area contributed by atoms with Gasteiger partial charge in [-0.1, -0.05) is 36.8 Å². The summed E-state index contributed by atoms with van der Waals surface area (Å²) in [5.41, 5.74) is 3.60. The van der Waals surface area contributed by atoms with Gasteiger partial charge in [-0.2, -0.15) is 0 Å². The summed E-state index contributed by atoms with van der Waals surface area (Å²) in [7, 11) is 1.66. The van der Waals surface area contributed by atoms with Crippen molar-refractivity contribution in [2.75, 3.05) is 26.9 Å². The monoisotopic (exact) mass is 504 g/mol. The predicted molar refractivity (Wildman–Crippen MR) is 139 cm³/mol. The van der Waals surface area contributed by atoms with Gasteiger partial charge in [0.25, 0.3) is 5.56 Å². The molecule has 0 amide bonds. The van der Waals surface area contributed by atoms with Gasteiger partial charge < -0.3 is 19.2 Å². The molecule has 10 nitrogen and oxygen atoms in total. The number of hydrogen-bond donors (Lipinski definition) is 1. The highest BCUT2D eigenvalue weighted by atomic mass is 16.6. The molecule has 1 N–H and O–H groups in total. The number of aryl methyl sites for hydroxylation is 1. The van der Waals surface area contributed by atoms with Crippen molar-refractivity contribution in [3.63, 3.8) is 0 Å². The Morgan fingerprint density at radius 3 is 2.59 bits per heavy atom. The third-order valence-electron chi connectivity index (χ3n) is 6.66. The quantitative estimate of drug-likeness (QED) is 0.350. The van der Waals surface area contributed by atoms with E-state index >= 15 is 0 Å². The summed E-state index contributed by atoms with van der Waals surface area (Å²) in [5.74, 6) is 2.10. The van der Waals surface area contributed by atoms with Gasteiger partial charge in [-0.3, -0.25) is 9.69 Å². The zero-order valence-corrected chi connectivity index (χ0v) is 21.4.